The SMILES string of the molecule is CCOc1ccc(S(=O)(=O)NC[C@H](c2ccc(F)cc2)c2c[nH]c3ccccc23)cc1. The first kappa shape index (κ1) is 21.1. The molecular weight excluding hydrogens is 415 g/mol. The van der Waals surface area contributed by atoms with Crippen LogP contribution in [0.1, 0.15) is 24.0 Å². The van der Waals surface area contributed by atoms with Gasteiger partial charge in [0.05, 0.1) is 11.5 Å². The van der Waals surface area contributed by atoms with E-state index in [0.29, 0.717) is 12.4 Å². The third-order valence-electron chi connectivity index (χ3n) is 5.19. The number of rotatable bonds is 8. The zero-order valence-electron chi connectivity index (χ0n) is 17.0. The van der Waals surface area contributed by atoms with E-state index in [0.717, 1.165) is 22.0 Å². The van der Waals surface area contributed by atoms with Crippen molar-refractivity contribution in [3.8, 4) is 5.75 Å². The molecule has 0 aliphatic carbocycles. The van der Waals surface area contributed by atoms with Gasteiger partial charge in [0.2, 0.25) is 10.0 Å². The molecule has 3 aromatic carbocycles. The van der Waals surface area contributed by atoms with Gasteiger partial charge in [-0.05, 0) is 60.5 Å². The predicted molar refractivity (Wildman–Crippen MR) is 119 cm³/mol. The number of hydrogen-bond acceptors (Lipinski definition) is 3. The van der Waals surface area contributed by atoms with Gasteiger partial charge in [-0.25, -0.2) is 17.5 Å². The summed E-state index contributed by atoms with van der Waals surface area (Å²) in [6.45, 7) is 2.50. The topological polar surface area (TPSA) is 71.2 Å². The lowest BCUT2D eigenvalue weighted by atomic mass is 9.91. The zero-order valence-corrected chi connectivity index (χ0v) is 17.8. The highest BCUT2D eigenvalue weighted by molar-refractivity contribution is 7.89. The largest absolute Gasteiger partial charge is 0.494 e. The summed E-state index contributed by atoms with van der Waals surface area (Å²) in [5.74, 6) is -0.0185. The van der Waals surface area contributed by atoms with E-state index >= 15 is 0 Å². The van der Waals surface area contributed by atoms with Gasteiger partial charge < -0.3 is 9.72 Å². The molecule has 1 atom stereocenters. The second kappa shape index (κ2) is 8.91. The summed E-state index contributed by atoms with van der Waals surface area (Å²) in [6.07, 6.45) is 1.88. The number of ether oxygens (including phenoxy) is 1. The molecule has 0 aliphatic heterocycles. The quantitative estimate of drug-likeness (QED) is 0.414. The number of hydrogen-bond donors (Lipinski definition) is 2. The van der Waals surface area contributed by atoms with Crippen LogP contribution in [0.5, 0.6) is 5.75 Å². The molecule has 31 heavy (non-hydrogen) atoms. The lowest BCUT2D eigenvalue weighted by Crippen LogP contribution is -2.29. The summed E-state index contributed by atoms with van der Waals surface area (Å²) in [5.41, 5.74) is 2.72. The molecule has 7 heteroatoms. The Morgan fingerprint density at radius 3 is 2.42 bits per heavy atom. The van der Waals surface area contributed by atoms with Crippen LogP contribution in [0, 0.1) is 5.82 Å². The van der Waals surface area contributed by atoms with E-state index in [-0.39, 0.29) is 23.2 Å². The van der Waals surface area contributed by atoms with Crippen molar-refractivity contribution in [1.29, 1.82) is 0 Å². The number of para-hydroxylation sites is 1. The maximum Gasteiger partial charge on any atom is 0.240 e. The molecule has 5 nitrogen and oxygen atoms in total. The summed E-state index contributed by atoms with van der Waals surface area (Å²) in [6, 6.07) is 20.3. The maximum absolute atomic E-state index is 13.5. The average Bonchev–Trinajstić information content (AvgIpc) is 3.20. The van der Waals surface area contributed by atoms with Crippen LogP contribution in [0.4, 0.5) is 4.39 Å². The smallest absolute Gasteiger partial charge is 0.240 e. The molecular formula is C24H23FN2O3S. The Kier molecular flexibility index (Phi) is 6.06. The molecule has 4 rings (SSSR count). The van der Waals surface area contributed by atoms with E-state index in [4.69, 9.17) is 4.74 Å². The Balaban J connectivity index is 1.64. The first-order chi connectivity index (χ1) is 15.0. The fourth-order valence-corrected chi connectivity index (χ4v) is 4.69. The van der Waals surface area contributed by atoms with Crippen LogP contribution in [0.2, 0.25) is 0 Å². The van der Waals surface area contributed by atoms with Crippen molar-refractivity contribution in [3.05, 3.63) is 95.9 Å². The van der Waals surface area contributed by atoms with E-state index in [9.17, 15) is 12.8 Å². The Morgan fingerprint density at radius 2 is 1.71 bits per heavy atom. The van der Waals surface area contributed by atoms with Crippen molar-refractivity contribution in [1.82, 2.24) is 9.71 Å². The van der Waals surface area contributed by atoms with Gasteiger partial charge in [0, 0.05) is 29.6 Å². The lowest BCUT2D eigenvalue weighted by Gasteiger charge is -2.18. The second-order valence-corrected chi connectivity index (χ2v) is 8.92. The van der Waals surface area contributed by atoms with E-state index in [2.05, 4.69) is 9.71 Å². The molecule has 0 unspecified atom stereocenters. The van der Waals surface area contributed by atoms with Crippen molar-refractivity contribution in [2.24, 2.45) is 0 Å². The Bertz CT molecular complexity index is 1270. The minimum atomic E-state index is -3.74. The van der Waals surface area contributed by atoms with Crippen molar-refractivity contribution in [2.45, 2.75) is 17.7 Å². The van der Waals surface area contributed by atoms with Gasteiger partial charge in [-0.1, -0.05) is 30.3 Å². The second-order valence-electron chi connectivity index (χ2n) is 7.15. The number of halogens is 1. The van der Waals surface area contributed by atoms with Crippen LogP contribution in [-0.4, -0.2) is 26.6 Å². The molecule has 1 heterocycles. The molecule has 4 aromatic rings. The first-order valence-corrected chi connectivity index (χ1v) is 11.5. The summed E-state index contributed by atoms with van der Waals surface area (Å²) in [7, 11) is -3.74. The van der Waals surface area contributed by atoms with Crippen LogP contribution in [0.15, 0.2) is 83.9 Å². The summed E-state index contributed by atoms with van der Waals surface area (Å²) in [5, 5.41) is 0.997. The molecule has 0 spiro atoms. The van der Waals surface area contributed by atoms with Gasteiger partial charge in [0.1, 0.15) is 11.6 Å². The highest BCUT2D eigenvalue weighted by Gasteiger charge is 2.22. The van der Waals surface area contributed by atoms with E-state index in [1.165, 1.54) is 24.3 Å². The fraction of sp³-hybridized carbons (Fsp3) is 0.167. The Morgan fingerprint density at radius 1 is 1.00 bits per heavy atom. The molecule has 0 amide bonds. The molecule has 2 N–H and O–H groups in total. The zero-order chi connectivity index (χ0) is 21.8. The minimum Gasteiger partial charge on any atom is -0.494 e. The first-order valence-electron chi connectivity index (χ1n) is 10.0. The number of aromatic amines is 1. The van der Waals surface area contributed by atoms with Crippen LogP contribution < -0.4 is 9.46 Å². The van der Waals surface area contributed by atoms with Crippen LogP contribution in [0.3, 0.4) is 0 Å². The van der Waals surface area contributed by atoms with Crippen LogP contribution >= 0.6 is 0 Å². The molecule has 0 saturated heterocycles. The number of benzene rings is 3. The standard InChI is InChI=1S/C24H23FN2O3S/c1-2-30-19-11-13-20(14-12-19)31(28,29)27-16-22(17-7-9-18(25)10-8-17)23-15-26-24-6-4-3-5-21(23)24/h3-15,22,26-27H,2,16H2,1H3/t22-/m1/s1. The number of aromatic nitrogens is 1. The van der Waals surface area contributed by atoms with Gasteiger partial charge in [-0.3, -0.25) is 0 Å². The molecule has 0 fully saturated rings. The van der Waals surface area contributed by atoms with Crippen LogP contribution in [0.25, 0.3) is 10.9 Å². The summed E-state index contributed by atoms with van der Waals surface area (Å²) in [4.78, 5) is 3.39. The Labute approximate surface area is 180 Å². The highest BCUT2D eigenvalue weighted by atomic mass is 32.2. The molecule has 0 bridgehead atoms. The molecule has 0 radical (unpaired) electrons. The van der Waals surface area contributed by atoms with Gasteiger partial charge in [-0.2, -0.15) is 0 Å². The van der Waals surface area contributed by atoms with Crippen molar-refractivity contribution >= 4 is 20.9 Å². The Hall–Kier alpha value is -3.16. The van der Waals surface area contributed by atoms with Crippen molar-refractivity contribution < 1.29 is 17.5 Å². The minimum absolute atomic E-state index is 0.128. The highest BCUT2D eigenvalue weighted by Crippen LogP contribution is 2.31. The third kappa shape index (κ3) is 4.62. The van der Waals surface area contributed by atoms with Gasteiger partial charge in [0.25, 0.3) is 0 Å². The molecule has 1 aromatic heterocycles. The van der Waals surface area contributed by atoms with Crippen molar-refractivity contribution in [2.75, 3.05) is 13.2 Å². The van der Waals surface area contributed by atoms with E-state index in [1.54, 1.807) is 24.3 Å². The van der Waals surface area contributed by atoms with E-state index in [1.807, 2.05) is 37.4 Å². The lowest BCUT2D eigenvalue weighted by molar-refractivity contribution is 0.340. The monoisotopic (exact) mass is 438 g/mol. The molecule has 0 saturated carbocycles. The van der Waals surface area contributed by atoms with Gasteiger partial charge >= 0.3 is 0 Å². The van der Waals surface area contributed by atoms with Gasteiger partial charge in [0.15, 0.2) is 0 Å². The average molecular weight is 439 g/mol. The number of fused-ring (bicyclic) bond motifs is 1. The number of sulfonamides is 1. The van der Waals surface area contributed by atoms with Crippen LogP contribution in [-0.2, 0) is 10.0 Å². The number of H-pyrrole nitrogens is 1. The summed E-state index contributed by atoms with van der Waals surface area (Å²) >= 11 is 0. The molecule has 0 aliphatic rings. The maximum atomic E-state index is 13.5. The fourth-order valence-electron chi connectivity index (χ4n) is 3.64. The number of nitrogens with one attached hydrogen (secondary N) is 2. The molecule has 160 valence electrons. The van der Waals surface area contributed by atoms with E-state index < -0.39 is 10.0 Å². The predicted octanol–water partition coefficient (Wildman–Crippen LogP) is 4.82. The van der Waals surface area contributed by atoms with Gasteiger partial charge in [-0.15, -0.1) is 0 Å². The third-order valence-corrected chi connectivity index (χ3v) is 6.63. The summed E-state index contributed by atoms with van der Waals surface area (Å²) < 4.78 is 47.4. The van der Waals surface area contributed by atoms with Crippen molar-refractivity contribution in [3.63, 3.8) is 0 Å². The normalized spacial score (nSPS) is 12.7.